The molecule has 0 unspecified atom stereocenters. The van der Waals surface area contributed by atoms with Crippen molar-refractivity contribution in [2.75, 3.05) is 0 Å². The molecule has 0 rings (SSSR count). The molecule has 0 radical (unpaired) electrons. The Hall–Kier alpha value is -0.330. The average molecular weight is 116 g/mol. The Labute approximate surface area is 50.4 Å². The molecule has 8 heavy (non-hydrogen) atoms. The van der Waals surface area contributed by atoms with Crippen molar-refractivity contribution in [3.63, 3.8) is 0 Å². The van der Waals surface area contributed by atoms with Gasteiger partial charge in [0.25, 0.3) is 0 Å². The summed E-state index contributed by atoms with van der Waals surface area (Å²) in [7, 11) is 0. The zero-order valence-electron chi connectivity index (χ0n) is 5.58. The molecule has 0 amide bonds. The monoisotopic (exact) mass is 116 g/mol. The highest BCUT2D eigenvalue weighted by atomic mass is 19.1. The van der Waals surface area contributed by atoms with Crippen molar-refractivity contribution >= 4 is 0 Å². The van der Waals surface area contributed by atoms with E-state index in [-0.39, 0.29) is 5.83 Å². The zero-order chi connectivity index (χ0) is 6.41. The third-order valence-electron chi connectivity index (χ3n) is 0.914. The lowest BCUT2D eigenvalue weighted by molar-refractivity contribution is 0.579. The Morgan fingerprint density at radius 1 is 1.50 bits per heavy atom. The molecule has 0 aliphatic rings. The second kappa shape index (κ2) is 4.82. The van der Waals surface area contributed by atoms with E-state index in [2.05, 4.69) is 0 Å². The van der Waals surface area contributed by atoms with Crippen LogP contribution in [0.3, 0.4) is 0 Å². The highest BCUT2D eigenvalue weighted by molar-refractivity contribution is 4.89. The molecular weight excluding hydrogens is 103 g/mol. The van der Waals surface area contributed by atoms with E-state index in [1.54, 1.807) is 6.08 Å². The molecule has 0 heterocycles. The molecule has 0 saturated carbocycles. The maximum Gasteiger partial charge on any atom is 0.0959 e. The van der Waals surface area contributed by atoms with E-state index in [4.69, 9.17) is 0 Å². The largest absolute Gasteiger partial charge is 0.212 e. The molecule has 0 bridgehead atoms. The summed E-state index contributed by atoms with van der Waals surface area (Å²) in [5, 5.41) is 0. The third-order valence-corrected chi connectivity index (χ3v) is 0.914. The number of hydrogen-bond acceptors (Lipinski definition) is 0. The molecule has 0 atom stereocenters. The molecule has 0 aliphatic carbocycles. The maximum absolute atomic E-state index is 12.3. The summed E-state index contributed by atoms with van der Waals surface area (Å²) < 4.78 is 12.3. The van der Waals surface area contributed by atoms with E-state index >= 15 is 0 Å². The van der Waals surface area contributed by atoms with E-state index in [1.165, 1.54) is 0 Å². The van der Waals surface area contributed by atoms with Crippen LogP contribution in [0, 0.1) is 0 Å². The lowest BCUT2D eigenvalue weighted by Gasteiger charge is -1.88. The van der Waals surface area contributed by atoms with Gasteiger partial charge in [0.05, 0.1) is 5.83 Å². The molecule has 0 N–H and O–H groups in total. The Morgan fingerprint density at radius 3 is 2.50 bits per heavy atom. The van der Waals surface area contributed by atoms with E-state index < -0.39 is 0 Å². The van der Waals surface area contributed by atoms with E-state index in [9.17, 15) is 4.39 Å². The van der Waals surface area contributed by atoms with Gasteiger partial charge in [0, 0.05) is 0 Å². The van der Waals surface area contributed by atoms with Crippen LogP contribution in [0.5, 0.6) is 0 Å². The fraction of sp³-hybridized carbons (Fsp3) is 0.714. The molecule has 0 saturated heterocycles. The molecular formula is C7H13F. The number of rotatable bonds is 3. The fourth-order valence-corrected chi connectivity index (χ4v) is 0.562. The van der Waals surface area contributed by atoms with Crippen LogP contribution in [0.4, 0.5) is 4.39 Å². The normalized spacial score (nSPS) is 12.1. The third kappa shape index (κ3) is 3.85. The highest BCUT2D eigenvalue weighted by Crippen LogP contribution is 2.05. The van der Waals surface area contributed by atoms with Crippen LogP contribution in [0.25, 0.3) is 0 Å². The van der Waals surface area contributed by atoms with E-state index in [0.29, 0.717) is 6.42 Å². The summed E-state index contributed by atoms with van der Waals surface area (Å²) in [4.78, 5) is 0. The lowest BCUT2D eigenvalue weighted by atomic mass is 10.3. The highest BCUT2D eigenvalue weighted by Gasteiger charge is 1.87. The van der Waals surface area contributed by atoms with Gasteiger partial charge in [-0.15, -0.1) is 0 Å². The molecule has 0 aromatic heterocycles. The minimum Gasteiger partial charge on any atom is -0.212 e. The Kier molecular flexibility index (Phi) is 4.62. The number of allylic oxidation sites excluding steroid dienone is 2. The minimum absolute atomic E-state index is 0.0370. The fourth-order valence-electron chi connectivity index (χ4n) is 0.562. The smallest absolute Gasteiger partial charge is 0.0959 e. The minimum atomic E-state index is 0.0370. The van der Waals surface area contributed by atoms with Gasteiger partial charge in [-0.3, -0.25) is 0 Å². The molecule has 1 heteroatoms. The first-order valence-corrected chi connectivity index (χ1v) is 3.15. The number of halogens is 1. The van der Waals surface area contributed by atoms with Gasteiger partial charge < -0.3 is 0 Å². The van der Waals surface area contributed by atoms with Crippen LogP contribution in [0.1, 0.15) is 33.1 Å². The van der Waals surface area contributed by atoms with Gasteiger partial charge in [-0.25, -0.2) is 4.39 Å². The van der Waals surface area contributed by atoms with Crippen LogP contribution in [0.2, 0.25) is 0 Å². The molecule has 0 nitrogen and oxygen atoms in total. The Bertz CT molecular complexity index is 74.5. The van der Waals surface area contributed by atoms with Gasteiger partial charge in [-0.1, -0.05) is 19.9 Å². The molecule has 0 spiro atoms. The summed E-state index contributed by atoms with van der Waals surface area (Å²) in [6.45, 7) is 3.92. The second-order valence-electron chi connectivity index (χ2n) is 1.81. The van der Waals surface area contributed by atoms with Crippen molar-refractivity contribution in [1.29, 1.82) is 0 Å². The first-order valence-electron chi connectivity index (χ1n) is 3.15. The van der Waals surface area contributed by atoms with Gasteiger partial charge in [-0.05, 0) is 19.3 Å². The van der Waals surface area contributed by atoms with Crippen LogP contribution < -0.4 is 0 Å². The predicted molar refractivity (Wildman–Crippen MR) is 34.4 cm³/mol. The Balaban J connectivity index is 3.29. The van der Waals surface area contributed by atoms with E-state index in [1.807, 2.05) is 13.8 Å². The summed E-state index contributed by atoms with van der Waals surface area (Å²) in [6.07, 6.45) is 3.95. The predicted octanol–water partition coefficient (Wildman–Crippen LogP) is 3.05. The Morgan fingerprint density at radius 2 is 2.12 bits per heavy atom. The number of hydrogen-bond donors (Lipinski definition) is 0. The first kappa shape index (κ1) is 7.67. The summed E-state index contributed by atoms with van der Waals surface area (Å²) >= 11 is 0. The summed E-state index contributed by atoms with van der Waals surface area (Å²) in [5.41, 5.74) is 0. The SMILES string of the molecule is CC/C=C(\F)CCC. The summed E-state index contributed by atoms with van der Waals surface area (Å²) in [6, 6.07) is 0. The maximum atomic E-state index is 12.3. The molecule has 0 aliphatic heterocycles. The van der Waals surface area contributed by atoms with Crippen molar-refractivity contribution in [2.24, 2.45) is 0 Å². The van der Waals surface area contributed by atoms with Gasteiger partial charge >= 0.3 is 0 Å². The van der Waals surface area contributed by atoms with Crippen molar-refractivity contribution in [1.82, 2.24) is 0 Å². The van der Waals surface area contributed by atoms with Crippen LogP contribution >= 0.6 is 0 Å². The van der Waals surface area contributed by atoms with Gasteiger partial charge in [0.2, 0.25) is 0 Å². The van der Waals surface area contributed by atoms with Gasteiger partial charge in [0.15, 0.2) is 0 Å². The first-order chi connectivity index (χ1) is 3.81. The summed E-state index contributed by atoms with van der Waals surface area (Å²) in [5.74, 6) is 0.0370. The van der Waals surface area contributed by atoms with Crippen LogP contribution in [0.15, 0.2) is 11.9 Å². The lowest BCUT2D eigenvalue weighted by Crippen LogP contribution is -1.70. The van der Waals surface area contributed by atoms with Crippen molar-refractivity contribution < 1.29 is 4.39 Å². The standard InChI is InChI=1S/C7H13F/c1-3-5-7(8)6-4-2/h5H,3-4,6H2,1-2H3/b7-5-. The quantitative estimate of drug-likeness (QED) is 0.531. The van der Waals surface area contributed by atoms with Gasteiger partial charge in [0.1, 0.15) is 0 Å². The zero-order valence-corrected chi connectivity index (χ0v) is 5.58. The molecule has 0 fully saturated rings. The molecule has 0 aromatic rings. The second-order valence-corrected chi connectivity index (χ2v) is 1.81. The van der Waals surface area contributed by atoms with E-state index in [0.717, 1.165) is 12.8 Å². The average Bonchev–Trinajstić information content (AvgIpc) is 1.68. The van der Waals surface area contributed by atoms with Crippen molar-refractivity contribution in [3.05, 3.63) is 11.9 Å². The molecule has 48 valence electrons. The van der Waals surface area contributed by atoms with Crippen LogP contribution in [-0.2, 0) is 0 Å². The van der Waals surface area contributed by atoms with Gasteiger partial charge in [-0.2, -0.15) is 0 Å². The van der Waals surface area contributed by atoms with Crippen molar-refractivity contribution in [3.8, 4) is 0 Å². The molecule has 0 aromatic carbocycles. The van der Waals surface area contributed by atoms with Crippen molar-refractivity contribution in [2.45, 2.75) is 33.1 Å². The topological polar surface area (TPSA) is 0 Å². The van der Waals surface area contributed by atoms with Crippen LogP contribution in [-0.4, -0.2) is 0 Å².